The smallest absolute Gasteiger partial charge is 0.221 e. The monoisotopic (exact) mass is 282 g/mol. The minimum Gasteiger partial charge on any atom is -0.495 e. The lowest BCUT2D eigenvalue weighted by Gasteiger charge is -2.13. The number of anilines is 1. The number of rotatable bonds is 6. The fourth-order valence-corrected chi connectivity index (χ4v) is 1.96. The zero-order chi connectivity index (χ0) is 13.8. The summed E-state index contributed by atoms with van der Waals surface area (Å²) < 4.78 is 5.27. The minimum absolute atomic E-state index is 0.0969. The standard InChI is InChI=1S/C14H19ClN2O2/c1-9-7-12(13(19-2)8-11(9)15)16-6-5-14(18)17-10-3-4-10/h7-8,10,16H,3-6H2,1-2H3,(H,17,18). The Balaban J connectivity index is 1.87. The summed E-state index contributed by atoms with van der Waals surface area (Å²) in [7, 11) is 1.60. The highest BCUT2D eigenvalue weighted by Crippen LogP contribution is 2.30. The molecule has 0 heterocycles. The van der Waals surface area contributed by atoms with E-state index in [4.69, 9.17) is 16.3 Å². The molecule has 0 aromatic heterocycles. The number of methoxy groups -OCH3 is 1. The molecule has 1 aliphatic rings. The van der Waals surface area contributed by atoms with Gasteiger partial charge in [0.1, 0.15) is 5.75 Å². The SMILES string of the molecule is COc1cc(Cl)c(C)cc1NCCC(=O)NC1CC1. The number of hydrogen-bond acceptors (Lipinski definition) is 3. The Kier molecular flexibility index (Phi) is 4.53. The van der Waals surface area contributed by atoms with Gasteiger partial charge in [-0.3, -0.25) is 4.79 Å². The molecule has 2 N–H and O–H groups in total. The van der Waals surface area contributed by atoms with Crippen molar-refractivity contribution in [3.63, 3.8) is 0 Å². The Morgan fingerprint density at radius 1 is 1.47 bits per heavy atom. The summed E-state index contributed by atoms with van der Waals surface area (Å²) >= 11 is 6.04. The highest BCUT2D eigenvalue weighted by Gasteiger charge is 2.22. The van der Waals surface area contributed by atoms with Crippen LogP contribution in [0.5, 0.6) is 5.75 Å². The van der Waals surface area contributed by atoms with Crippen molar-refractivity contribution in [1.82, 2.24) is 5.32 Å². The summed E-state index contributed by atoms with van der Waals surface area (Å²) in [5, 5.41) is 6.85. The first-order valence-corrected chi connectivity index (χ1v) is 6.85. The van der Waals surface area contributed by atoms with Crippen molar-refractivity contribution in [2.24, 2.45) is 0 Å². The highest BCUT2D eigenvalue weighted by molar-refractivity contribution is 6.31. The van der Waals surface area contributed by atoms with Gasteiger partial charge in [0.2, 0.25) is 5.91 Å². The first-order valence-electron chi connectivity index (χ1n) is 6.47. The van der Waals surface area contributed by atoms with Gasteiger partial charge in [0.15, 0.2) is 0 Å². The second-order valence-corrected chi connectivity index (χ2v) is 5.23. The molecule has 1 aromatic rings. The summed E-state index contributed by atoms with van der Waals surface area (Å²) in [4.78, 5) is 11.6. The first-order chi connectivity index (χ1) is 9.10. The molecule has 0 atom stereocenters. The Bertz CT molecular complexity index is 473. The molecule has 104 valence electrons. The fraction of sp³-hybridized carbons (Fsp3) is 0.500. The van der Waals surface area contributed by atoms with Crippen LogP contribution in [-0.2, 0) is 4.79 Å². The summed E-state index contributed by atoms with van der Waals surface area (Å²) in [5.74, 6) is 0.790. The Hall–Kier alpha value is -1.42. The van der Waals surface area contributed by atoms with Crippen LogP contribution in [0.4, 0.5) is 5.69 Å². The van der Waals surface area contributed by atoms with Gasteiger partial charge >= 0.3 is 0 Å². The Labute approximate surface area is 118 Å². The van der Waals surface area contributed by atoms with Gasteiger partial charge in [-0.2, -0.15) is 0 Å². The zero-order valence-electron chi connectivity index (χ0n) is 11.3. The van der Waals surface area contributed by atoms with E-state index in [9.17, 15) is 4.79 Å². The summed E-state index contributed by atoms with van der Waals surface area (Å²) in [6.45, 7) is 2.52. The lowest BCUT2D eigenvalue weighted by molar-refractivity contribution is -0.120. The maximum atomic E-state index is 11.6. The number of carbonyl (C=O) groups is 1. The topological polar surface area (TPSA) is 50.4 Å². The van der Waals surface area contributed by atoms with Crippen LogP contribution in [0.1, 0.15) is 24.8 Å². The number of carbonyl (C=O) groups excluding carboxylic acids is 1. The van der Waals surface area contributed by atoms with Crippen molar-refractivity contribution in [2.45, 2.75) is 32.2 Å². The summed E-state index contributed by atoms with van der Waals surface area (Å²) in [5.41, 5.74) is 1.84. The highest BCUT2D eigenvalue weighted by atomic mass is 35.5. The van der Waals surface area contributed by atoms with Crippen LogP contribution in [0.2, 0.25) is 5.02 Å². The van der Waals surface area contributed by atoms with E-state index in [1.165, 1.54) is 0 Å². The van der Waals surface area contributed by atoms with Gasteiger partial charge in [0, 0.05) is 30.1 Å². The number of halogens is 1. The lowest BCUT2D eigenvalue weighted by atomic mass is 10.2. The van der Waals surface area contributed by atoms with Gasteiger partial charge in [-0.25, -0.2) is 0 Å². The van der Waals surface area contributed by atoms with Crippen molar-refractivity contribution >= 4 is 23.2 Å². The van der Waals surface area contributed by atoms with Gasteiger partial charge in [-0.1, -0.05) is 11.6 Å². The number of hydrogen-bond donors (Lipinski definition) is 2. The van der Waals surface area contributed by atoms with Gasteiger partial charge < -0.3 is 15.4 Å². The van der Waals surface area contributed by atoms with Gasteiger partial charge in [0.05, 0.1) is 12.8 Å². The number of aryl methyl sites for hydroxylation is 1. The second-order valence-electron chi connectivity index (χ2n) is 4.82. The zero-order valence-corrected chi connectivity index (χ0v) is 12.0. The molecular weight excluding hydrogens is 264 g/mol. The van der Waals surface area contributed by atoms with Crippen molar-refractivity contribution < 1.29 is 9.53 Å². The van der Waals surface area contributed by atoms with Crippen LogP contribution in [-0.4, -0.2) is 25.6 Å². The third-order valence-electron chi connectivity index (χ3n) is 3.09. The van der Waals surface area contributed by atoms with E-state index < -0.39 is 0 Å². The molecule has 1 aromatic carbocycles. The third-order valence-corrected chi connectivity index (χ3v) is 3.50. The normalized spacial score (nSPS) is 14.1. The van der Waals surface area contributed by atoms with Crippen LogP contribution in [0.25, 0.3) is 0 Å². The van der Waals surface area contributed by atoms with Crippen molar-refractivity contribution in [1.29, 1.82) is 0 Å². The largest absolute Gasteiger partial charge is 0.495 e. The predicted octanol–water partition coefficient (Wildman–Crippen LogP) is 2.74. The first kappa shape index (κ1) is 14.0. The van der Waals surface area contributed by atoms with Crippen molar-refractivity contribution in [3.8, 4) is 5.75 Å². The molecule has 19 heavy (non-hydrogen) atoms. The maximum Gasteiger partial charge on any atom is 0.221 e. The fourth-order valence-electron chi connectivity index (χ4n) is 1.81. The number of ether oxygens (including phenoxy) is 1. The summed E-state index contributed by atoms with van der Waals surface area (Å²) in [6.07, 6.45) is 2.69. The van der Waals surface area contributed by atoms with E-state index in [0.717, 1.165) is 24.1 Å². The van der Waals surface area contributed by atoms with E-state index in [1.807, 2.05) is 13.0 Å². The third kappa shape index (κ3) is 4.03. The van der Waals surface area contributed by atoms with Crippen LogP contribution in [0.15, 0.2) is 12.1 Å². The quantitative estimate of drug-likeness (QED) is 0.843. The molecule has 0 aliphatic heterocycles. The molecule has 5 heteroatoms. The van der Waals surface area contributed by atoms with E-state index in [0.29, 0.717) is 29.8 Å². The maximum absolute atomic E-state index is 11.6. The number of amides is 1. The minimum atomic E-state index is 0.0969. The number of nitrogens with one attached hydrogen (secondary N) is 2. The van der Waals surface area contributed by atoms with Crippen LogP contribution >= 0.6 is 11.6 Å². The molecule has 2 rings (SSSR count). The Morgan fingerprint density at radius 2 is 2.21 bits per heavy atom. The molecule has 0 radical (unpaired) electrons. The molecule has 1 saturated carbocycles. The number of benzene rings is 1. The van der Waals surface area contributed by atoms with Gasteiger partial charge in [-0.15, -0.1) is 0 Å². The molecule has 0 saturated heterocycles. The van der Waals surface area contributed by atoms with E-state index >= 15 is 0 Å². The predicted molar refractivity (Wildman–Crippen MR) is 77.0 cm³/mol. The second kappa shape index (κ2) is 6.15. The molecule has 0 spiro atoms. The summed E-state index contributed by atoms with van der Waals surface area (Å²) in [6, 6.07) is 4.13. The van der Waals surface area contributed by atoms with Crippen molar-refractivity contribution in [2.75, 3.05) is 19.0 Å². The van der Waals surface area contributed by atoms with Gasteiger partial charge in [0.25, 0.3) is 0 Å². The van der Waals surface area contributed by atoms with Crippen LogP contribution in [0, 0.1) is 6.92 Å². The lowest BCUT2D eigenvalue weighted by Crippen LogP contribution is -2.27. The Morgan fingerprint density at radius 3 is 2.84 bits per heavy atom. The molecule has 4 nitrogen and oxygen atoms in total. The van der Waals surface area contributed by atoms with E-state index in [2.05, 4.69) is 10.6 Å². The van der Waals surface area contributed by atoms with Gasteiger partial charge in [-0.05, 0) is 31.4 Å². The average molecular weight is 283 g/mol. The molecule has 1 amide bonds. The van der Waals surface area contributed by atoms with E-state index in [-0.39, 0.29) is 5.91 Å². The molecule has 1 aliphatic carbocycles. The van der Waals surface area contributed by atoms with Crippen LogP contribution < -0.4 is 15.4 Å². The van der Waals surface area contributed by atoms with Crippen molar-refractivity contribution in [3.05, 3.63) is 22.7 Å². The molecule has 0 bridgehead atoms. The van der Waals surface area contributed by atoms with Crippen LogP contribution in [0.3, 0.4) is 0 Å². The molecule has 0 unspecified atom stereocenters. The molecule has 1 fully saturated rings. The van der Waals surface area contributed by atoms with E-state index in [1.54, 1.807) is 13.2 Å². The molecular formula is C14H19ClN2O2. The average Bonchev–Trinajstić information content (AvgIpc) is 3.17.